The molecule has 2 rings (SSSR count). The monoisotopic (exact) mass is 348 g/mol. The number of rotatable bonds is 2. The van der Waals surface area contributed by atoms with Gasteiger partial charge in [0.1, 0.15) is 11.3 Å². The molecule has 0 radical (unpaired) electrons. The second kappa shape index (κ2) is 7.28. The van der Waals surface area contributed by atoms with Gasteiger partial charge in [-0.2, -0.15) is 4.99 Å². The SMILES string of the molecule is CC1CN(c2ccncc2N=C=S)C(C)CN1C(=O)OC(C)(C)C. The second-order valence-electron chi connectivity index (χ2n) is 7.05. The number of hydrogen-bond acceptors (Lipinski definition) is 6. The molecule has 1 aromatic heterocycles. The number of anilines is 1. The van der Waals surface area contributed by atoms with Gasteiger partial charge in [0.25, 0.3) is 0 Å². The first-order chi connectivity index (χ1) is 11.2. The number of carbonyl (C=O) groups is 1. The summed E-state index contributed by atoms with van der Waals surface area (Å²) in [6.07, 6.45) is 3.13. The lowest BCUT2D eigenvalue weighted by molar-refractivity contribution is 0.0130. The third kappa shape index (κ3) is 4.30. The minimum atomic E-state index is -0.497. The van der Waals surface area contributed by atoms with E-state index in [9.17, 15) is 4.79 Å². The summed E-state index contributed by atoms with van der Waals surface area (Å²) in [7, 11) is 0. The van der Waals surface area contributed by atoms with Gasteiger partial charge in [0.15, 0.2) is 0 Å². The Morgan fingerprint density at radius 3 is 2.71 bits per heavy atom. The van der Waals surface area contributed by atoms with Crippen molar-refractivity contribution in [3.8, 4) is 0 Å². The molecular weight excluding hydrogens is 324 g/mol. The largest absolute Gasteiger partial charge is 0.444 e. The summed E-state index contributed by atoms with van der Waals surface area (Å²) in [5.74, 6) is 0. The molecule has 130 valence electrons. The highest BCUT2D eigenvalue weighted by atomic mass is 32.1. The van der Waals surface area contributed by atoms with Crippen molar-refractivity contribution in [2.75, 3.05) is 18.0 Å². The Bertz CT molecular complexity index is 652. The molecule has 7 heteroatoms. The van der Waals surface area contributed by atoms with Crippen molar-refractivity contribution in [3.05, 3.63) is 18.5 Å². The molecule has 0 saturated carbocycles. The van der Waals surface area contributed by atoms with Crippen molar-refractivity contribution in [3.63, 3.8) is 0 Å². The van der Waals surface area contributed by atoms with Crippen LogP contribution in [0.4, 0.5) is 16.2 Å². The van der Waals surface area contributed by atoms with Crippen LogP contribution in [0, 0.1) is 0 Å². The quantitative estimate of drug-likeness (QED) is 0.603. The highest BCUT2D eigenvalue weighted by Crippen LogP contribution is 2.31. The third-order valence-electron chi connectivity index (χ3n) is 3.87. The summed E-state index contributed by atoms with van der Waals surface area (Å²) in [5, 5.41) is 2.40. The van der Waals surface area contributed by atoms with Crippen LogP contribution < -0.4 is 4.90 Å². The molecule has 0 bridgehead atoms. The van der Waals surface area contributed by atoms with E-state index in [2.05, 4.69) is 27.0 Å². The number of aromatic nitrogens is 1. The fraction of sp³-hybridized carbons (Fsp3) is 0.588. The summed E-state index contributed by atoms with van der Waals surface area (Å²) in [5.41, 5.74) is 1.14. The number of hydrogen-bond donors (Lipinski definition) is 0. The zero-order valence-electron chi connectivity index (χ0n) is 14.8. The molecule has 2 heterocycles. The first-order valence-corrected chi connectivity index (χ1v) is 8.42. The number of amides is 1. The molecule has 1 aromatic rings. The Morgan fingerprint density at radius 2 is 2.08 bits per heavy atom. The van der Waals surface area contributed by atoms with Crippen molar-refractivity contribution in [1.29, 1.82) is 0 Å². The fourth-order valence-electron chi connectivity index (χ4n) is 2.79. The summed E-state index contributed by atoms with van der Waals surface area (Å²) in [6.45, 7) is 11.0. The smallest absolute Gasteiger partial charge is 0.410 e. The lowest BCUT2D eigenvalue weighted by Gasteiger charge is -2.45. The van der Waals surface area contributed by atoms with E-state index in [4.69, 9.17) is 17.0 Å². The maximum atomic E-state index is 12.4. The number of aliphatic imine (C=N–C) groups is 1. The highest BCUT2D eigenvalue weighted by Gasteiger charge is 2.35. The zero-order valence-corrected chi connectivity index (χ0v) is 15.6. The molecule has 0 N–H and O–H groups in total. The van der Waals surface area contributed by atoms with E-state index >= 15 is 0 Å². The molecule has 0 spiro atoms. The molecule has 1 aliphatic rings. The zero-order chi connectivity index (χ0) is 17.9. The molecular formula is C17H24N4O2S. The lowest BCUT2D eigenvalue weighted by atomic mass is 10.1. The molecule has 1 amide bonds. The van der Waals surface area contributed by atoms with Gasteiger partial charge in [-0.05, 0) is 52.9 Å². The Kier molecular flexibility index (Phi) is 5.57. The number of isothiocyanates is 1. The molecule has 1 aliphatic heterocycles. The van der Waals surface area contributed by atoms with Gasteiger partial charge in [-0.3, -0.25) is 4.98 Å². The van der Waals surface area contributed by atoms with E-state index in [-0.39, 0.29) is 18.2 Å². The van der Waals surface area contributed by atoms with Gasteiger partial charge in [0, 0.05) is 31.4 Å². The molecule has 1 fully saturated rings. The van der Waals surface area contributed by atoms with E-state index in [1.165, 1.54) is 0 Å². The lowest BCUT2D eigenvalue weighted by Crippen LogP contribution is -2.59. The fourth-order valence-corrected chi connectivity index (χ4v) is 2.89. The third-order valence-corrected chi connectivity index (χ3v) is 3.96. The Balaban J connectivity index is 2.19. The normalized spacial score (nSPS) is 21.2. The van der Waals surface area contributed by atoms with E-state index in [0.29, 0.717) is 18.8 Å². The van der Waals surface area contributed by atoms with Crippen LogP contribution in [0.3, 0.4) is 0 Å². The van der Waals surface area contributed by atoms with Crippen LogP contribution in [-0.4, -0.2) is 51.9 Å². The molecule has 0 aromatic carbocycles. The minimum Gasteiger partial charge on any atom is -0.444 e. The highest BCUT2D eigenvalue weighted by molar-refractivity contribution is 7.78. The first kappa shape index (κ1) is 18.4. The number of nitrogens with zero attached hydrogens (tertiary/aromatic N) is 4. The van der Waals surface area contributed by atoms with E-state index in [0.717, 1.165) is 5.69 Å². The van der Waals surface area contributed by atoms with Crippen molar-refractivity contribution in [1.82, 2.24) is 9.88 Å². The molecule has 0 aliphatic carbocycles. The van der Waals surface area contributed by atoms with E-state index in [1.807, 2.05) is 33.8 Å². The van der Waals surface area contributed by atoms with E-state index < -0.39 is 5.60 Å². The van der Waals surface area contributed by atoms with Gasteiger partial charge in [-0.1, -0.05) is 0 Å². The van der Waals surface area contributed by atoms with Crippen molar-refractivity contribution in [2.45, 2.75) is 52.3 Å². The Labute approximate surface area is 148 Å². The molecule has 2 unspecified atom stereocenters. The predicted molar refractivity (Wildman–Crippen MR) is 98.1 cm³/mol. The van der Waals surface area contributed by atoms with Crippen molar-refractivity contribution < 1.29 is 9.53 Å². The topological polar surface area (TPSA) is 58.0 Å². The standard InChI is InChI=1S/C17H24N4O2S/c1-12-10-21(16(22)23-17(3,4)5)13(2)9-20(12)15-6-7-18-8-14(15)19-11-24/h6-8,12-13H,9-10H2,1-5H3. The number of thiocarbonyl (C=S) groups is 1. The van der Waals surface area contributed by atoms with Crippen LogP contribution in [-0.2, 0) is 4.74 Å². The van der Waals surface area contributed by atoms with Crippen molar-refractivity contribution >= 4 is 34.8 Å². The van der Waals surface area contributed by atoms with Crippen LogP contribution in [0.1, 0.15) is 34.6 Å². The molecule has 2 atom stereocenters. The van der Waals surface area contributed by atoms with Crippen LogP contribution in [0.25, 0.3) is 0 Å². The summed E-state index contributed by atoms with van der Waals surface area (Å²) in [6, 6.07) is 2.06. The first-order valence-electron chi connectivity index (χ1n) is 8.01. The predicted octanol–water partition coefficient (Wildman–Crippen LogP) is 3.65. The van der Waals surface area contributed by atoms with Crippen LogP contribution in [0.15, 0.2) is 23.5 Å². The Hall–Kier alpha value is -1.98. The van der Waals surface area contributed by atoms with E-state index in [1.54, 1.807) is 17.3 Å². The summed E-state index contributed by atoms with van der Waals surface area (Å²) in [4.78, 5) is 24.6. The summed E-state index contributed by atoms with van der Waals surface area (Å²) < 4.78 is 5.52. The van der Waals surface area contributed by atoms with Gasteiger partial charge in [-0.25, -0.2) is 4.79 Å². The number of piperazine rings is 1. The molecule has 1 saturated heterocycles. The second-order valence-corrected chi connectivity index (χ2v) is 7.23. The molecule has 6 nitrogen and oxygen atoms in total. The number of pyridine rings is 1. The van der Waals surface area contributed by atoms with Crippen LogP contribution >= 0.6 is 12.2 Å². The van der Waals surface area contributed by atoms with Gasteiger partial charge < -0.3 is 14.5 Å². The average molecular weight is 348 g/mol. The number of carbonyl (C=O) groups excluding carboxylic acids is 1. The van der Waals surface area contributed by atoms with Gasteiger partial charge >= 0.3 is 6.09 Å². The van der Waals surface area contributed by atoms with Gasteiger partial charge in [-0.15, -0.1) is 0 Å². The minimum absolute atomic E-state index is 0.0218. The van der Waals surface area contributed by atoms with Crippen LogP contribution in [0.5, 0.6) is 0 Å². The van der Waals surface area contributed by atoms with Gasteiger partial charge in [0.2, 0.25) is 0 Å². The maximum absolute atomic E-state index is 12.4. The van der Waals surface area contributed by atoms with Crippen molar-refractivity contribution in [2.24, 2.45) is 4.99 Å². The van der Waals surface area contributed by atoms with Gasteiger partial charge in [0.05, 0.1) is 17.0 Å². The summed E-state index contributed by atoms with van der Waals surface area (Å²) >= 11 is 4.72. The average Bonchev–Trinajstić information content (AvgIpc) is 2.48. The number of ether oxygens (including phenoxy) is 1. The molecule has 24 heavy (non-hydrogen) atoms. The van der Waals surface area contributed by atoms with Crippen LogP contribution in [0.2, 0.25) is 0 Å². The maximum Gasteiger partial charge on any atom is 0.410 e. The Morgan fingerprint density at radius 1 is 1.38 bits per heavy atom.